The first kappa shape index (κ1) is 36.1. The number of hydrogen-bond acceptors (Lipinski definition) is 19. The molecule has 0 bridgehead atoms. The molecule has 0 spiro atoms. The summed E-state index contributed by atoms with van der Waals surface area (Å²) in [7, 11) is 0. The second-order valence-electron chi connectivity index (χ2n) is 11.2. The van der Waals surface area contributed by atoms with Crippen LogP contribution >= 0.6 is 0 Å². The molecule has 0 aromatic carbocycles. The summed E-state index contributed by atoms with van der Waals surface area (Å²) < 4.78 is 37.7. The fraction of sp³-hybridized carbons (Fsp3) is 0.917. The quantitative estimate of drug-likeness (QED) is 0.115. The lowest BCUT2D eigenvalue weighted by Gasteiger charge is -2.48. The summed E-state index contributed by atoms with van der Waals surface area (Å²) in [5, 5.41) is 123. The van der Waals surface area contributed by atoms with E-state index in [1.807, 2.05) is 0 Å². The molecule has 4 rings (SSSR count). The summed E-state index contributed by atoms with van der Waals surface area (Å²) in [6, 6.07) is 0. The van der Waals surface area contributed by atoms with E-state index in [0.29, 0.717) is 0 Å². The summed E-state index contributed by atoms with van der Waals surface area (Å²) in [5.41, 5.74) is 0. The van der Waals surface area contributed by atoms with E-state index in [2.05, 4.69) is 0 Å². The number of carbonyl (C=O) groups is 2. The Morgan fingerprint density at radius 1 is 0.444 bits per heavy atom. The van der Waals surface area contributed by atoms with Gasteiger partial charge < -0.3 is 94.4 Å². The zero-order valence-electron chi connectivity index (χ0n) is 23.6. The van der Waals surface area contributed by atoms with Crippen molar-refractivity contribution in [3.63, 3.8) is 0 Å². The monoisotopic (exact) mass is 662 g/mol. The molecule has 20 atom stereocenters. The van der Waals surface area contributed by atoms with Gasteiger partial charge in [-0.25, -0.2) is 9.59 Å². The highest BCUT2D eigenvalue weighted by molar-refractivity contribution is 5.73. The van der Waals surface area contributed by atoms with Crippen LogP contribution in [0.1, 0.15) is 13.8 Å². The van der Waals surface area contributed by atoms with Crippen LogP contribution in [0.3, 0.4) is 0 Å². The molecule has 4 saturated heterocycles. The van der Waals surface area contributed by atoms with Crippen molar-refractivity contribution in [1.29, 1.82) is 0 Å². The summed E-state index contributed by atoms with van der Waals surface area (Å²) >= 11 is 0. The third-order valence-corrected chi connectivity index (χ3v) is 8.06. The first-order chi connectivity index (χ1) is 21.0. The van der Waals surface area contributed by atoms with Crippen LogP contribution in [0.5, 0.6) is 0 Å². The number of ether oxygens (including phenoxy) is 7. The molecule has 4 heterocycles. The molecule has 21 heteroatoms. The predicted octanol–water partition coefficient (Wildman–Crippen LogP) is -7.51. The van der Waals surface area contributed by atoms with Gasteiger partial charge in [0.15, 0.2) is 37.4 Å². The van der Waals surface area contributed by atoms with Gasteiger partial charge in [0.25, 0.3) is 0 Å². The fourth-order valence-electron chi connectivity index (χ4n) is 5.35. The first-order valence-corrected chi connectivity index (χ1v) is 13.8. The van der Waals surface area contributed by atoms with E-state index >= 15 is 0 Å². The van der Waals surface area contributed by atoms with Gasteiger partial charge in [-0.3, -0.25) is 0 Å². The fourth-order valence-corrected chi connectivity index (χ4v) is 5.35. The van der Waals surface area contributed by atoms with E-state index in [1.54, 1.807) is 0 Å². The van der Waals surface area contributed by atoms with Crippen molar-refractivity contribution < 1.29 is 104 Å². The van der Waals surface area contributed by atoms with Crippen LogP contribution in [-0.2, 0) is 42.7 Å². The SMILES string of the molecule is C[C@@H]1O[C@@H](O[C@H]2[C@@H](O[C@H]3C(O)O[C@@H](C)[C@H](O)[C@H]3O)O[C@H](C(=O)O)[C@H](O)[C@@H]2O)[C@H](O[C@H]2O[C@H](C(=O)O)[C@H](O)[C@H](O)[C@H]2O)[C@H](O)[C@H]1O. The van der Waals surface area contributed by atoms with E-state index in [9.17, 15) is 70.9 Å². The average Bonchev–Trinajstić information content (AvgIpc) is 2.97. The van der Waals surface area contributed by atoms with Gasteiger partial charge >= 0.3 is 11.9 Å². The van der Waals surface area contributed by atoms with E-state index in [1.165, 1.54) is 13.8 Å². The molecule has 0 aromatic heterocycles. The zero-order chi connectivity index (χ0) is 33.7. The standard InChI is InChI=1S/C24H38O21/c1-3-5(25)8(28)16(21(38)39-3)43-24-18(12(32)11(31)15(42-24)20(36)37)45-23-17(9(29)6(26)4(2)40-23)44-22-13(33)7(27)10(30)14(41-22)19(34)35/h3-18,21-33,38H,1-2H3,(H,34,35)(H,36,37)/t3-,4-,5-,6-,7-,8+,9+,10+,11+,12-,13+,14-,15-,16+,17+,18+,21?,22+,23-,24+/m0/s1. The van der Waals surface area contributed by atoms with Gasteiger partial charge in [-0.2, -0.15) is 0 Å². The molecule has 21 nitrogen and oxygen atoms in total. The first-order valence-electron chi connectivity index (χ1n) is 13.8. The maximum atomic E-state index is 11.7. The summed E-state index contributed by atoms with van der Waals surface area (Å²) in [5.74, 6) is -3.54. The van der Waals surface area contributed by atoms with E-state index in [-0.39, 0.29) is 0 Å². The van der Waals surface area contributed by atoms with Crippen molar-refractivity contribution in [3.8, 4) is 0 Å². The molecule has 0 saturated carbocycles. The maximum Gasteiger partial charge on any atom is 0.335 e. The molecule has 0 amide bonds. The van der Waals surface area contributed by atoms with Gasteiger partial charge in [0.2, 0.25) is 0 Å². The van der Waals surface area contributed by atoms with Crippen LogP contribution < -0.4 is 0 Å². The Balaban J connectivity index is 1.63. The molecule has 12 N–H and O–H groups in total. The lowest BCUT2D eigenvalue weighted by molar-refractivity contribution is -0.399. The second-order valence-corrected chi connectivity index (χ2v) is 11.2. The van der Waals surface area contributed by atoms with Gasteiger partial charge in [-0.05, 0) is 13.8 Å². The summed E-state index contributed by atoms with van der Waals surface area (Å²) in [6.07, 6.45) is -38.5. The third-order valence-electron chi connectivity index (χ3n) is 8.06. The van der Waals surface area contributed by atoms with Crippen LogP contribution in [0.15, 0.2) is 0 Å². The van der Waals surface area contributed by atoms with Crippen molar-refractivity contribution in [2.75, 3.05) is 0 Å². The Bertz CT molecular complexity index is 1030. The largest absolute Gasteiger partial charge is 0.479 e. The van der Waals surface area contributed by atoms with Gasteiger partial charge in [0.05, 0.1) is 12.2 Å². The van der Waals surface area contributed by atoms with Crippen molar-refractivity contribution in [1.82, 2.24) is 0 Å². The van der Waals surface area contributed by atoms with Crippen LogP contribution in [-0.4, -0.2) is 196 Å². The lowest BCUT2D eigenvalue weighted by atomic mass is 9.96. The van der Waals surface area contributed by atoms with Crippen LogP contribution in [0.2, 0.25) is 0 Å². The molecular weight excluding hydrogens is 624 g/mol. The zero-order valence-corrected chi connectivity index (χ0v) is 23.6. The molecule has 45 heavy (non-hydrogen) atoms. The molecular formula is C24H38O21. The Labute approximate surface area is 253 Å². The topological polar surface area (TPSA) is 342 Å². The number of rotatable bonds is 8. The highest BCUT2D eigenvalue weighted by atomic mass is 16.8. The predicted molar refractivity (Wildman–Crippen MR) is 132 cm³/mol. The molecule has 0 aliphatic carbocycles. The minimum absolute atomic E-state index is 1.07. The van der Waals surface area contributed by atoms with Crippen molar-refractivity contribution >= 4 is 11.9 Å². The minimum atomic E-state index is -2.21. The van der Waals surface area contributed by atoms with Crippen molar-refractivity contribution in [2.45, 2.75) is 137 Å². The number of aliphatic carboxylic acids is 2. The average molecular weight is 663 g/mol. The molecule has 260 valence electrons. The molecule has 1 unspecified atom stereocenters. The van der Waals surface area contributed by atoms with E-state index in [4.69, 9.17) is 33.2 Å². The normalized spacial score (nSPS) is 52.7. The summed E-state index contributed by atoms with van der Waals surface area (Å²) in [4.78, 5) is 23.3. The van der Waals surface area contributed by atoms with Crippen LogP contribution in [0.25, 0.3) is 0 Å². The number of carboxylic acid groups (broad SMARTS) is 2. The molecule has 4 aliphatic heterocycles. The third kappa shape index (κ3) is 7.09. The van der Waals surface area contributed by atoms with Gasteiger partial charge in [0.1, 0.15) is 73.2 Å². The Morgan fingerprint density at radius 3 is 1.36 bits per heavy atom. The van der Waals surface area contributed by atoms with Gasteiger partial charge in [-0.15, -0.1) is 0 Å². The molecule has 4 fully saturated rings. The maximum absolute atomic E-state index is 11.7. The summed E-state index contributed by atoms with van der Waals surface area (Å²) in [6.45, 7) is 2.59. The number of aliphatic hydroxyl groups is 10. The van der Waals surface area contributed by atoms with Gasteiger partial charge in [-0.1, -0.05) is 0 Å². The second kappa shape index (κ2) is 14.2. The lowest BCUT2D eigenvalue weighted by Crippen LogP contribution is -2.67. The molecule has 4 aliphatic rings. The highest BCUT2D eigenvalue weighted by Gasteiger charge is 2.56. The number of aliphatic hydroxyl groups excluding tert-OH is 10. The van der Waals surface area contributed by atoms with Gasteiger partial charge in [0, 0.05) is 0 Å². The van der Waals surface area contributed by atoms with Crippen molar-refractivity contribution in [3.05, 3.63) is 0 Å². The van der Waals surface area contributed by atoms with Crippen molar-refractivity contribution in [2.24, 2.45) is 0 Å². The Morgan fingerprint density at radius 2 is 0.822 bits per heavy atom. The Hall–Kier alpha value is -1.74. The highest BCUT2D eigenvalue weighted by Crippen LogP contribution is 2.35. The number of hydrogen-bond donors (Lipinski definition) is 12. The molecule has 0 aromatic rings. The van der Waals surface area contributed by atoms with Crippen LogP contribution in [0.4, 0.5) is 0 Å². The van der Waals surface area contributed by atoms with Crippen LogP contribution in [0, 0.1) is 0 Å². The minimum Gasteiger partial charge on any atom is -0.479 e. The van der Waals surface area contributed by atoms with E-state index < -0.39 is 135 Å². The Kier molecular flexibility index (Phi) is 11.4. The number of carboxylic acids is 2. The molecule has 0 radical (unpaired) electrons. The van der Waals surface area contributed by atoms with E-state index in [0.717, 1.165) is 0 Å². The smallest absolute Gasteiger partial charge is 0.335 e.